The van der Waals surface area contributed by atoms with E-state index in [1.807, 2.05) is 40.8 Å². The summed E-state index contributed by atoms with van der Waals surface area (Å²) in [4.78, 5) is 35.9. The summed E-state index contributed by atoms with van der Waals surface area (Å²) < 4.78 is 17.1. The van der Waals surface area contributed by atoms with Gasteiger partial charge in [-0.2, -0.15) is 5.10 Å². The Morgan fingerprint density at radius 1 is 1.21 bits per heavy atom. The number of ether oxygens (including phenoxy) is 3. The van der Waals surface area contributed by atoms with Crippen LogP contribution in [0.5, 0.6) is 11.5 Å². The molecule has 3 rings (SSSR count). The molecule has 180 valence electrons. The van der Waals surface area contributed by atoms with E-state index in [1.165, 1.54) is 13.3 Å². The quantitative estimate of drug-likeness (QED) is 0.181. The third-order valence-electron chi connectivity index (χ3n) is 4.76. The van der Waals surface area contributed by atoms with Crippen molar-refractivity contribution in [2.75, 3.05) is 32.2 Å². The van der Waals surface area contributed by atoms with Crippen LogP contribution in [-0.4, -0.2) is 56.9 Å². The lowest BCUT2D eigenvalue weighted by Crippen LogP contribution is -2.41. The Morgan fingerprint density at radius 2 is 2.00 bits per heavy atom. The van der Waals surface area contributed by atoms with Crippen LogP contribution in [0.15, 0.2) is 47.6 Å². The summed E-state index contributed by atoms with van der Waals surface area (Å²) in [5, 5.41) is 9.10. The Kier molecular flexibility index (Phi) is 9.64. The number of carbonyl (C=O) groups excluding carboxylic acids is 3. The van der Waals surface area contributed by atoms with E-state index in [-0.39, 0.29) is 25.2 Å². The van der Waals surface area contributed by atoms with Gasteiger partial charge < -0.3 is 24.8 Å². The third kappa shape index (κ3) is 7.70. The van der Waals surface area contributed by atoms with Gasteiger partial charge in [-0.05, 0) is 65.3 Å². The third-order valence-corrected chi connectivity index (χ3v) is 5.56. The zero-order valence-electron chi connectivity index (χ0n) is 18.5. The molecule has 34 heavy (non-hydrogen) atoms. The molecule has 2 aromatic rings. The van der Waals surface area contributed by atoms with Gasteiger partial charge in [0.05, 0.1) is 23.0 Å². The summed E-state index contributed by atoms with van der Waals surface area (Å²) in [6, 6.07) is 12.4. The minimum absolute atomic E-state index is 0.0556. The molecule has 1 aliphatic rings. The number of benzene rings is 2. The lowest BCUT2D eigenvalue weighted by molar-refractivity contribution is -0.139. The minimum Gasteiger partial charge on any atom is -0.493 e. The first-order valence-corrected chi connectivity index (χ1v) is 11.6. The molecule has 10 nitrogen and oxygen atoms in total. The number of nitrogens with one attached hydrogen (secondary N) is 3. The number of hydrazone groups is 1. The number of halogens is 1. The molecule has 0 saturated carbocycles. The van der Waals surface area contributed by atoms with Crippen molar-refractivity contribution < 1.29 is 28.6 Å². The standard InChI is InChI=1S/C23H25IN4O6/c1-32-19-11-15(12-26-28-23(31)22(30)25-13-17-8-5-9-33-17)10-18(24)21(19)34-14-20(29)27-16-6-3-2-4-7-16/h2-4,6-7,10-12,17H,5,8-9,13-14H2,1H3,(H,25,30)(H,27,29)(H,28,31)/b26-12-/t17-/m0/s1. The highest BCUT2D eigenvalue weighted by atomic mass is 127. The molecule has 0 spiro atoms. The summed E-state index contributed by atoms with van der Waals surface area (Å²) in [5.74, 6) is -1.17. The number of amides is 3. The second-order valence-corrected chi connectivity index (χ2v) is 8.44. The second-order valence-electron chi connectivity index (χ2n) is 7.28. The monoisotopic (exact) mass is 580 g/mol. The molecule has 0 aromatic heterocycles. The van der Waals surface area contributed by atoms with Crippen LogP contribution >= 0.6 is 22.6 Å². The number of hydrogen-bond acceptors (Lipinski definition) is 7. The number of nitrogens with zero attached hydrogens (tertiary/aromatic N) is 1. The zero-order valence-corrected chi connectivity index (χ0v) is 20.7. The fourth-order valence-corrected chi connectivity index (χ4v) is 3.90. The first-order chi connectivity index (χ1) is 16.5. The van der Waals surface area contributed by atoms with E-state index in [4.69, 9.17) is 14.2 Å². The maximum Gasteiger partial charge on any atom is 0.329 e. The van der Waals surface area contributed by atoms with E-state index in [0.29, 0.717) is 32.9 Å². The molecule has 3 N–H and O–H groups in total. The van der Waals surface area contributed by atoms with Gasteiger partial charge in [-0.1, -0.05) is 18.2 Å². The Bertz CT molecular complexity index is 1040. The fourth-order valence-electron chi connectivity index (χ4n) is 3.12. The normalized spacial score (nSPS) is 15.1. The van der Waals surface area contributed by atoms with E-state index in [2.05, 4.69) is 21.2 Å². The SMILES string of the molecule is COc1cc(/C=N\NC(=O)C(=O)NC[C@@H]2CCCO2)cc(I)c1OCC(=O)Nc1ccccc1. The Balaban J connectivity index is 1.52. The van der Waals surface area contributed by atoms with Crippen molar-refractivity contribution in [3.63, 3.8) is 0 Å². The first kappa shape index (κ1) is 25.4. The number of rotatable bonds is 9. The average Bonchev–Trinajstić information content (AvgIpc) is 3.35. The van der Waals surface area contributed by atoms with E-state index < -0.39 is 11.8 Å². The summed E-state index contributed by atoms with van der Waals surface area (Å²) in [5.41, 5.74) is 3.46. The van der Waals surface area contributed by atoms with Crippen LogP contribution in [0.3, 0.4) is 0 Å². The topological polar surface area (TPSA) is 127 Å². The maximum absolute atomic E-state index is 12.2. The molecule has 0 bridgehead atoms. The first-order valence-electron chi connectivity index (χ1n) is 10.5. The fraction of sp³-hybridized carbons (Fsp3) is 0.304. The summed E-state index contributed by atoms with van der Waals surface area (Å²) in [7, 11) is 1.48. The van der Waals surface area contributed by atoms with Crippen molar-refractivity contribution in [3.8, 4) is 11.5 Å². The van der Waals surface area contributed by atoms with Crippen LogP contribution in [0, 0.1) is 3.57 Å². The second kappa shape index (κ2) is 12.9. The Hall–Kier alpha value is -3.19. The van der Waals surface area contributed by atoms with Gasteiger partial charge in [0.15, 0.2) is 18.1 Å². The predicted molar refractivity (Wildman–Crippen MR) is 134 cm³/mol. The zero-order chi connectivity index (χ0) is 24.3. The van der Waals surface area contributed by atoms with Crippen LogP contribution in [0.1, 0.15) is 18.4 Å². The summed E-state index contributed by atoms with van der Waals surface area (Å²) in [6.07, 6.45) is 3.13. The molecular weight excluding hydrogens is 555 g/mol. The van der Waals surface area contributed by atoms with Crippen molar-refractivity contribution in [2.45, 2.75) is 18.9 Å². The molecule has 1 saturated heterocycles. The molecular formula is C23H25IN4O6. The lowest BCUT2D eigenvalue weighted by atomic mass is 10.2. The van der Waals surface area contributed by atoms with Crippen LogP contribution < -0.4 is 25.5 Å². The van der Waals surface area contributed by atoms with Crippen molar-refractivity contribution >= 4 is 52.2 Å². The van der Waals surface area contributed by atoms with Crippen molar-refractivity contribution in [1.82, 2.24) is 10.7 Å². The van der Waals surface area contributed by atoms with E-state index in [1.54, 1.807) is 24.3 Å². The molecule has 0 aliphatic carbocycles. The lowest BCUT2D eigenvalue weighted by Gasteiger charge is -2.13. The molecule has 2 aromatic carbocycles. The Morgan fingerprint density at radius 3 is 2.71 bits per heavy atom. The molecule has 0 radical (unpaired) electrons. The maximum atomic E-state index is 12.2. The van der Waals surface area contributed by atoms with Crippen molar-refractivity contribution in [3.05, 3.63) is 51.6 Å². The average molecular weight is 580 g/mol. The molecule has 11 heteroatoms. The van der Waals surface area contributed by atoms with Crippen LogP contribution in [0.2, 0.25) is 0 Å². The van der Waals surface area contributed by atoms with Crippen molar-refractivity contribution in [2.24, 2.45) is 5.10 Å². The number of anilines is 1. The van der Waals surface area contributed by atoms with Gasteiger partial charge >= 0.3 is 11.8 Å². The van der Waals surface area contributed by atoms with Gasteiger partial charge in [-0.3, -0.25) is 14.4 Å². The van der Waals surface area contributed by atoms with Crippen LogP contribution in [-0.2, 0) is 19.1 Å². The van der Waals surface area contributed by atoms with Gasteiger partial charge in [0.1, 0.15) is 0 Å². The van der Waals surface area contributed by atoms with E-state index in [0.717, 1.165) is 12.8 Å². The van der Waals surface area contributed by atoms with Gasteiger partial charge in [0, 0.05) is 18.8 Å². The van der Waals surface area contributed by atoms with E-state index >= 15 is 0 Å². The molecule has 1 atom stereocenters. The van der Waals surface area contributed by atoms with Gasteiger partial charge in [0.2, 0.25) is 0 Å². The number of hydrogen-bond donors (Lipinski definition) is 3. The predicted octanol–water partition coefficient (Wildman–Crippen LogP) is 2.06. The van der Waals surface area contributed by atoms with Gasteiger partial charge in [-0.25, -0.2) is 5.43 Å². The highest BCUT2D eigenvalue weighted by molar-refractivity contribution is 14.1. The Labute approximate surface area is 210 Å². The summed E-state index contributed by atoms with van der Waals surface area (Å²) in [6.45, 7) is 0.756. The van der Waals surface area contributed by atoms with Crippen LogP contribution in [0.4, 0.5) is 5.69 Å². The smallest absolute Gasteiger partial charge is 0.329 e. The van der Waals surface area contributed by atoms with E-state index in [9.17, 15) is 14.4 Å². The molecule has 1 aliphatic heterocycles. The number of carbonyl (C=O) groups is 3. The molecule has 3 amide bonds. The van der Waals surface area contributed by atoms with Crippen molar-refractivity contribution in [1.29, 1.82) is 0 Å². The van der Waals surface area contributed by atoms with Gasteiger partial charge in [0.25, 0.3) is 5.91 Å². The highest BCUT2D eigenvalue weighted by Crippen LogP contribution is 2.33. The number of methoxy groups -OCH3 is 1. The highest BCUT2D eigenvalue weighted by Gasteiger charge is 2.19. The number of para-hydroxylation sites is 1. The molecule has 1 heterocycles. The van der Waals surface area contributed by atoms with Gasteiger partial charge in [-0.15, -0.1) is 0 Å². The molecule has 1 fully saturated rings. The minimum atomic E-state index is -0.875. The van der Waals surface area contributed by atoms with Crippen LogP contribution in [0.25, 0.3) is 0 Å². The summed E-state index contributed by atoms with van der Waals surface area (Å²) >= 11 is 2.05. The largest absolute Gasteiger partial charge is 0.493 e. The molecule has 0 unspecified atom stereocenters.